The van der Waals surface area contributed by atoms with E-state index in [-0.39, 0.29) is 0 Å². The van der Waals surface area contributed by atoms with Crippen molar-refractivity contribution in [3.63, 3.8) is 0 Å². The third kappa shape index (κ3) is 4.38. The van der Waals surface area contributed by atoms with Crippen molar-refractivity contribution in [2.24, 2.45) is 0 Å². The molecular weight excluding hydrogens is 286 g/mol. The first-order valence-electron chi connectivity index (χ1n) is 7.07. The van der Waals surface area contributed by atoms with Gasteiger partial charge in [0.05, 0.1) is 6.61 Å². The Morgan fingerprint density at radius 1 is 1.05 bits per heavy atom. The second-order valence-electron chi connectivity index (χ2n) is 4.67. The predicted octanol–water partition coefficient (Wildman–Crippen LogP) is 4.64. The lowest BCUT2D eigenvalue weighted by molar-refractivity contribution is 0.317. The largest absolute Gasteiger partial charge is 0.494 e. The molecule has 0 aliphatic carbocycles. The maximum Gasteiger partial charge on any atom is 0.133 e. The summed E-state index contributed by atoms with van der Waals surface area (Å²) in [5.74, 6) is 2.38. The minimum absolute atomic E-state index is 0.659. The van der Waals surface area contributed by atoms with Crippen LogP contribution >= 0.6 is 11.6 Å². The summed E-state index contributed by atoms with van der Waals surface area (Å²) >= 11 is 6.22. The molecule has 0 aliphatic heterocycles. The minimum Gasteiger partial charge on any atom is -0.494 e. The average Bonchev–Trinajstić information content (AvgIpc) is 2.50. The molecule has 0 unspecified atom stereocenters. The summed E-state index contributed by atoms with van der Waals surface area (Å²) in [5.41, 5.74) is 0.952. The number of hydrogen-bond donors (Lipinski definition) is 1. The van der Waals surface area contributed by atoms with Crippen LogP contribution in [0.2, 0.25) is 5.02 Å². The van der Waals surface area contributed by atoms with Crippen molar-refractivity contribution in [1.29, 1.82) is 0 Å². The monoisotopic (exact) mass is 305 g/mol. The van der Waals surface area contributed by atoms with Crippen LogP contribution in [0.4, 0.5) is 0 Å². The Bertz CT molecular complexity index is 570. The van der Waals surface area contributed by atoms with E-state index < -0.39 is 0 Å². The van der Waals surface area contributed by atoms with E-state index in [1.807, 2.05) is 49.5 Å². The Balaban J connectivity index is 2.12. The van der Waals surface area contributed by atoms with E-state index in [2.05, 4.69) is 12.2 Å². The second-order valence-corrected chi connectivity index (χ2v) is 5.08. The van der Waals surface area contributed by atoms with Crippen LogP contribution in [0.15, 0.2) is 42.5 Å². The molecule has 21 heavy (non-hydrogen) atoms. The number of hydrogen-bond acceptors (Lipinski definition) is 3. The number of nitrogens with one attached hydrogen (secondary N) is 1. The Hall–Kier alpha value is -1.71. The SMILES string of the molecule is CCCOc1ccc(Oc2cccc(Cl)c2CNC)cc1. The van der Waals surface area contributed by atoms with Gasteiger partial charge in [-0.1, -0.05) is 24.6 Å². The predicted molar refractivity (Wildman–Crippen MR) is 86.5 cm³/mol. The Morgan fingerprint density at radius 2 is 1.76 bits per heavy atom. The topological polar surface area (TPSA) is 30.5 Å². The molecule has 4 heteroatoms. The zero-order valence-corrected chi connectivity index (χ0v) is 13.1. The fourth-order valence-corrected chi connectivity index (χ4v) is 2.17. The van der Waals surface area contributed by atoms with Gasteiger partial charge in [0.25, 0.3) is 0 Å². The van der Waals surface area contributed by atoms with Crippen LogP contribution in [0.5, 0.6) is 17.2 Å². The fraction of sp³-hybridized carbons (Fsp3) is 0.294. The van der Waals surface area contributed by atoms with E-state index in [1.54, 1.807) is 0 Å². The summed E-state index contributed by atoms with van der Waals surface area (Å²) in [5, 5.41) is 3.80. The van der Waals surface area contributed by atoms with Gasteiger partial charge in [-0.3, -0.25) is 0 Å². The highest BCUT2D eigenvalue weighted by atomic mass is 35.5. The quantitative estimate of drug-likeness (QED) is 0.808. The fourth-order valence-electron chi connectivity index (χ4n) is 1.93. The van der Waals surface area contributed by atoms with E-state index in [4.69, 9.17) is 21.1 Å². The molecule has 0 spiro atoms. The van der Waals surface area contributed by atoms with Crippen molar-refractivity contribution < 1.29 is 9.47 Å². The summed E-state index contributed by atoms with van der Waals surface area (Å²) in [4.78, 5) is 0. The molecule has 0 heterocycles. The molecular formula is C17H20ClNO2. The molecule has 0 amide bonds. The first-order chi connectivity index (χ1) is 10.2. The molecule has 0 saturated heterocycles. The van der Waals surface area contributed by atoms with E-state index in [0.29, 0.717) is 11.6 Å². The third-order valence-corrected chi connectivity index (χ3v) is 3.31. The van der Waals surface area contributed by atoms with Crippen LogP contribution in [0.3, 0.4) is 0 Å². The van der Waals surface area contributed by atoms with Crippen LogP contribution < -0.4 is 14.8 Å². The molecule has 112 valence electrons. The molecule has 2 aromatic rings. The van der Waals surface area contributed by atoms with Crippen LogP contribution in [0, 0.1) is 0 Å². The van der Waals surface area contributed by atoms with Gasteiger partial charge in [-0.25, -0.2) is 0 Å². The molecule has 0 bridgehead atoms. The summed E-state index contributed by atoms with van der Waals surface area (Å²) in [7, 11) is 1.88. The number of benzene rings is 2. The third-order valence-electron chi connectivity index (χ3n) is 2.95. The Morgan fingerprint density at radius 3 is 2.43 bits per heavy atom. The van der Waals surface area contributed by atoms with E-state index in [1.165, 1.54) is 0 Å². The summed E-state index contributed by atoms with van der Waals surface area (Å²) in [6, 6.07) is 13.3. The highest BCUT2D eigenvalue weighted by Crippen LogP contribution is 2.31. The van der Waals surface area contributed by atoms with E-state index >= 15 is 0 Å². The number of rotatable bonds is 7. The zero-order valence-electron chi connectivity index (χ0n) is 12.4. The molecule has 0 atom stereocenters. The Labute approximate surface area is 130 Å². The van der Waals surface area contributed by atoms with Gasteiger partial charge in [-0.2, -0.15) is 0 Å². The van der Waals surface area contributed by atoms with E-state index in [9.17, 15) is 0 Å². The standard InChI is InChI=1S/C17H20ClNO2/c1-3-11-20-13-7-9-14(10-8-13)21-17-6-4-5-16(18)15(17)12-19-2/h4-10,19H,3,11-12H2,1-2H3. The minimum atomic E-state index is 0.659. The van der Waals surface area contributed by atoms with Crippen LogP contribution in [-0.2, 0) is 6.54 Å². The number of ether oxygens (including phenoxy) is 2. The lowest BCUT2D eigenvalue weighted by Crippen LogP contribution is -2.07. The summed E-state index contributed by atoms with van der Waals surface area (Å²) in [6.45, 7) is 3.47. The molecule has 2 rings (SSSR count). The first kappa shape index (κ1) is 15.7. The van der Waals surface area contributed by atoms with Gasteiger partial charge in [0.2, 0.25) is 0 Å². The van der Waals surface area contributed by atoms with Gasteiger partial charge in [0.15, 0.2) is 0 Å². The van der Waals surface area contributed by atoms with Crippen molar-refractivity contribution >= 4 is 11.6 Å². The normalized spacial score (nSPS) is 10.4. The molecule has 1 N–H and O–H groups in total. The highest BCUT2D eigenvalue weighted by Gasteiger charge is 2.08. The molecule has 0 fully saturated rings. The zero-order chi connectivity index (χ0) is 15.1. The van der Waals surface area contributed by atoms with Crippen LogP contribution in [-0.4, -0.2) is 13.7 Å². The van der Waals surface area contributed by atoms with Gasteiger partial charge in [-0.15, -0.1) is 0 Å². The highest BCUT2D eigenvalue weighted by molar-refractivity contribution is 6.31. The van der Waals surface area contributed by atoms with Crippen LogP contribution in [0.25, 0.3) is 0 Å². The molecule has 3 nitrogen and oxygen atoms in total. The maximum atomic E-state index is 6.22. The number of halogens is 1. The summed E-state index contributed by atoms with van der Waals surface area (Å²) < 4.78 is 11.5. The van der Waals surface area contributed by atoms with Crippen molar-refractivity contribution in [3.8, 4) is 17.2 Å². The molecule has 0 saturated carbocycles. The molecule has 0 aromatic heterocycles. The van der Waals surface area contributed by atoms with Crippen molar-refractivity contribution in [2.75, 3.05) is 13.7 Å². The van der Waals surface area contributed by atoms with Crippen molar-refractivity contribution in [2.45, 2.75) is 19.9 Å². The second kappa shape index (κ2) is 7.91. The Kier molecular flexibility index (Phi) is 5.90. The smallest absolute Gasteiger partial charge is 0.133 e. The van der Waals surface area contributed by atoms with Crippen molar-refractivity contribution in [3.05, 3.63) is 53.1 Å². The molecule has 0 radical (unpaired) electrons. The maximum absolute atomic E-state index is 6.22. The molecule has 0 aliphatic rings. The lowest BCUT2D eigenvalue weighted by Gasteiger charge is -2.13. The van der Waals surface area contributed by atoms with Gasteiger partial charge < -0.3 is 14.8 Å². The van der Waals surface area contributed by atoms with Gasteiger partial charge in [0.1, 0.15) is 17.2 Å². The summed E-state index contributed by atoms with van der Waals surface area (Å²) in [6.07, 6.45) is 0.994. The van der Waals surface area contributed by atoms with Gasteiger partial charge in [-0.05, 0) is 49.9 Å². The van der Waals surface area contributed by atoms with Gasteiger partial charge in [0, 0.05) is 17.1 Å². The van der Waals surface area contributed by atoms with Crippen molar-refractivity contribution in [1.82, 2.24) is 5.32 Å². The van der Waals surface area contributed by atoms with Crippen LogP contribution in [0.1, 0.15) is 18.9 Å². The average molecular weight is 306 g/mol. The molecule has 2 aromatic carbocycles. The lowest BCUT2D eigenvalue weighted by atomic mass is 10.2. The van der Waals surface area contributed by atoms with E-state index in [0.717, 1.165) is 35.8 Å². The first-order valence-corrected chi connectivity index (χ1v) is 7.45. The van der Waals surface area contributed by atoms with Gasteiger partial charge >= 0.3 is 0 Å².